The van der Waals surface area contributed by atoms with E-state index in [9.17, 15) is 43.2 Å². The van der Waals surface area contributed by atoms with E-state index in [1.165, 1.54) is 135 Å². The summed E-state index contributed by atoms with van der Waals surface area (Å²) in [7, 11) is -9.97. The second kappa shape index (κ2) is 73.5. The molecule has 5 atom stereocenters. The summed E-state index contributed by atoms with van der Waals surface area (Å²) in [5.74, 6) is -2.24. The number of rotatable bonds is 75. The van der Waals surface area contributed by atoms with Crippen molar-refractivity contribution in [2.45, 2.75) is 367 Å². The summed E-state index contributed by atoms with van der Waals surface area (Å²) in [6, 6.07) is 0. The topological polar surface area (TPSA) is 237 Å². The predicted octanol–water partition coefficient (Wildman–Crippen LogP) is 23.0. The molecule has 17 nitrogen and oxygen atoms in total. The Balaban J connectivity index is 5.41. The molecule has 19 heteroatoms. The van der Waals surface area contributed by atoms with Crippen LogP contribution in [0.1, 0.15) is 349 Å². The van der Waals surface area contributed by atoms with Crippen LogP contribution in [0.4, 0.5) is 0 Å². The summed E-state index contributed by atoms with van der Waals surface area (Å²) in [5.41, 5.74) is 0. The van der Waals surface area contributed by atoms with Gasteiger partial charge in [0, 0.05) is 25.7 Å². The van der Waals surface area contributed by atoms with Crippen molar-refractivity contribution in [1.29, 1.82) is 0 Å². The number of hydrogen-bond donors (Lipinski definition) is 3. The van der Waals surface area contributed by atoms with Gasteiger partial charge in [-0.05, 0) is 122 Å². The van der Waals surface area contributed by atoms with Crippen molar-refractivity contribution in [3.05, 3.63) is 85.1 Å². The van der Waals surface area contributed by atoms with Crippen molar-refractivity contribution in [2.75, 3.05) is 39.6 Å². The number of hydrogen-bond acceptors (Lipinski definition) is 15. The molecule has 0 rings (SSSR count). The van der Waals surface area contributed by atoms with Gasteiger partial charge in [-0.25, -0.2) is 9.13 Å². The van der Waals surface area contributed by atoms with Crippen LogP contribution < -0.4 is 0 Å². The minimum Gasteiger partial charge on any atom is -0.462 e. The number of ether oxygens (including phenoxy) is 4. The molecule has 0 bridgehead atoms. The van der Waals surface area contributed by atoms with Crippen LogP contribution in [0.15, 0.2) is 85.1 Å². The maximum absolute atomic E-state index is 13.1. The average Bonchev–Trinajstić information content (AvgIpc) is 1.22. The number of unbranched alkanes of at least 4 members (excludes halogenated alkanes) is 35. The van der Waals surface area contributed by atoms with Gasteiger partial charge in [-0.15, -0.1) is 0 Å². The molecule has 0 saturated carbocycles. The number of carbonyl (C=O) groups is 4. The molecule has 0 aliphatic carbocycles. The van der Waals surface area contributed by atoms with Gasteiger partial charge in [0.2, 0.25) is 0 Å². The molecule has 0 aliphatic heterocycles. The van der Waals surface area contributed by atoms with Crippen LogP contribution >= 0.6 is 15.6 Å². The molecule has 0 amide bonds. The van der Waals surface area contributed by atoms with E-state index < -0.39 is 97.5 Å². The van der Waals surface area contributed by atoms with Crippen LogP contribution in [0.3, 0.4) is 0 Å². The Kier molecular flexibility index (Phi) is 70.8. The van der Waals surface area contributed by atoms with Crippen molar-refractivity contribution in [2.24, 2.45) is 0 Å². The molecule has 0 radical (unpaired) electrons. The van der Waals surface area contributed by atoms with Gasteiger partial charge < -0.3 is 33.8 Å². The van der Waals surface area contributed by atoms with Gasteiger partial charge in [-0.2, -0.15) is 0 Å². The van der Waals surface area contributed by atoms with Gasteiger partial charge in [-0.1, -0.05) is 286 Å². The number of allylic oxidation sites excluding steroid dienone is 14. The fourth-order valence-corrected chi connectivity index (χ4v) is 12.3. The minimum absolute atomic E-state index is 0.0172. The molecule has 0 aromatic carbocycles. The average molecular weight is 1450 g/mol. The first kappa shape index (κ1) is 96.2. The second-order valence-electron chi connectivity index (χ2n) is 26.7. The fourth-order valence-electron chi connectivity index (χ4n) is 10.7. The molecule has 0 aromatic rings. The lowest BCUT2D eigenvalue weighted by molar-refractivity contribution is -0.161. The quantitative estimate of drug-likeness (QED) is 0.0169. The maximum atomic E-state index is 13.1. The summed E-state index contributed by atoms with van der Waals surface area (Å²) in [4.78, 5) is 72.9. The van der Waals surface area contributed by atoms with Crippen molar-refractivity contribution in [1.82, 2.24) is 0 Å². The van der Waals surface area contributed by atoms with Crippen LogP contribution in [0.2, 0.25) is 0 Å². The van der Waals surface area contributed by atoms with E-state index in [4.69, 9.17) is 37.0 Å². The number of esters is 4. The van der Waals surface area contributed by atoms with E-state index in [2.05, 4.69) is 101 Å². The zero-order chi connectivity index (χ0) is 73.2. The lowest BCUT2D eigenvalue weighted by atomic mass is 10.0. The molecule has 0 saturated heterocycles. The first-order chi connectivity index (χ1) is 48.7. The zero-order valence-corrected chi connectivity index (χ0v) is 65.2. The molecule has 0 aromatic heterocycles. The lowest BCUT2D eigenvalue weighted by Gasteiger charge is -2.21. The van der Waals surface area contributed by atoms with Gasteiger partial charge >= 0.3 is 39.5 Å². The number of phosphoric ester groups is 2. The molecule has 3 N–H and O–H groups in total. The first-order valence-electron chi connectivity index (χ1n) is 39.8. The Morgan fingerprint density at radius 2 is 0.500 bits per heavy atom. The van der Waals surface area contributed by atoms with Gasteiger partial charge in [0.15, 0.2) is 12.2 Å². The molecule has 3 unspecified atom stereocenters. The number of carbonyl (C=O) groups excluding carboxylic acids is 4. The Labute approximate surface area is 608 Å². The largest absolute Gasteiger partial charge is 0.472 e. The van der Waals surface area contributed by atoms with Crippen LogP contribution in [0, 0.1) is 0 Å². The van der Waals surface area contributed by atoms with Gasteiger partial charge in [0.25, 0.3) is 0 Å². The highest BCUT2D eigenvalue weighted by Gasteiger charge is 2.30. The highest BCUT2D eigenvalue weighted by molar-refractivity contribution is 7.47. The summed E-state index contributed by atoms with van der Waals surface area (Å²) in [6.45, 7) is 4.77. The highest BCUT2D eigenvalue weighted by Crippen LogP contribution is 2.45. The molecule has 0 heterocycles. The molecule has 0 aliphatic rings. The van der Waals surface area contributed by atoms with Crippen molar-refractivity contribution in [3.63, 3.8) is 0 Å². The van der Waals surface area contributed by atoms with E-state index in [1.54, 1.807) is 0 Å². The van der Waals surface area contributed by atoms with Crippen molar-refractivity contribution < 1.29 is 80.2 Å². The Hall–Kier alpha value is -3.76. The molecule has 100 heavy (non-hydrogen) atoms. The second-order valence-corrected chi connectivity index (χ2v) is 29.6. The lowest BCUT2D eigenvalue weighted by Crippen LogP contribution is -2.30. The third-order valence-corrected chi connectivity index (χ3v) is 18.7. The summed E-state index contributed by atoms with van der Waals surface area (Å²) in [6.07, 6.45) is 75.7. The fraction of sp³-hybridized carbons (Fsp3) is 0.778. The van der Waals surface area contributed by atoms with E-state index in [0.717, 1.165) is 128 Å². The zero-order valence-electron chi connectivity index (χ0n) is 63.4. The number of phosphoric acid groups is 2. The molecule has 0 fully saturated rings. The first-order valence-corrected chi connectivity index (χ1v) is 42.8. The van der Waals surface area contributed by atoms with E-state index >= 15 is 0 Å². The van der Waals surface area contributed by atoms with Crippen LogP contribution in [-0.4, -0.2) is 96.7 Å². The van der Waals surface area contributed by atoms with Crippen molar-refractivity contribution >= 4 is 39.5 Å². The predicted molar refractivity (Wildman–Crippen MR) is 409 cm³/mol. The van der Waals surface area contributed by atoms with Crippen LogP contribution in [0.5, 0.6) is 0 Å². The Morgan fingerprint density at radius 3 is 0.820 bits per heavy atom. The van der Waals surface area contributed by atoms with Gasteiger partial charge in [0.1, 0.15) is 19.3 Å². The maximum Gasteiger partial charge on any atom is 0.472 e. The molecule has 580 valence electrons. The van der Waals surface area contributed by atoms with Crippen LogP contribution in [-0.2, 0) is 65.4 Å². The third-order valence-electron chi connectivity index (χ3n) is 16.8. The standard InChI is InChI=1S/C81H144O17P2/c1-5-9-13-17-21-25-29-33-36-37-40-44-48-52-56-60-64-68-81(86)98-77(72-92-79(84)66-62-58-54-50-46-42-38-34-30-26-22-18-14-10-6-2)74-96-100(89,90)94-70-75(82)69-93-99(87,88)95-73-76(71-91-78(83)65-61-57-53-49-45-41-32-28-24-20-16-12-8-4)97-80(85)67-63-59-55-51-47-43-39-35-31-27-23-19-15-11-7-3/h21-22,25-26,33-36,38-40,44,52,56,75-77,82H,5-20,23-24,27-32,37,41-43,45-51,53-55,57-74H2,1-4H3,(H,87,88)(H,89,90)/b25-21-,26-22-,36-33-,38-34-,39-35-,44-40-,56-52-/t75?,76-,77-/m1/s1. The highest BCUT2D eigenvalue weighted by atomic mass is 31.2. The van der Waals surface area contributed by atoms with E-state index in [-0.39, 0.29) is 25.7 Å². The Bertz CT molecular complexity index is 2230. The van der Waals surface area contributed by atoms with Crippen molar-refractivity contribution in [3.8, 4) is 0 Å². The van der Waals surface area contributed by atoms with Crippen LogP contribution in [0.25, 0.3) is 0 Å². The van der Waals surface area contributed by atoms with Gasteiger partial charge in [0.05, 0.1) is 26.4 Å². The molecular formula is C81H144O17P2. The Morgan fingerprint density at radius 1 is 0.280 bits per heavy atom. The van der Waals surface area contributed by atoms with Gasteiger partial charge in [-0.3, -0.25) is 37.3 Å². The normalized spacial score (nSPS) is 14.3. The minimum atomic E-state index is -4.99. The number of aliphatic hydroxyl groups is 1. The van der Waals surface area contributed by atoms with E-state index in [0.29, 0.717) is 32.1 Å². The smallest absolute Gasteiger partial charge is 0.462 e. The number of aliphatic hydroxyl groups excluding tert-OH is 1. The monoisotopic (exact) mass is 1450 g/mol. The summed E-state index contributed by atoms with van der Waals surface area (Å²) in [5, 5.41) is 10.6. The third kappa shape index (κ3) is 72.6. The molecular weight excluding hydrogens is 1310 g/mol. The summed E-state index contributed by atoms with van der Waals surface area (Å²) >= 11 is 0. The summed E-state index contributed by atoms with van der Waals surface area (Å²) < 4.78 is 68.5. The molecule has 0 spiro atoms. The SMILES string of the molecule is CCCCC/C=C\C/C=C\C/C=C\C/C=C\CCCC(=O)O[C@H](COC(=O)CCCCCCC/C=C\C/C=C\CCCCC)COP(=O)(O)OCC(O)COP(=O)(O)OC[C@@H](COC(=O)CCCCCCCCCCCCCCC)OC(=O)CCCCCCC/C=C\CCCCCCCC. The van der Waals surface area contributed by atoms with E-state index in [1.807, 2.05) is 12.2 Å².